The van der Waals surface area contributed by atoms with Gasteiger partial charge in [-0.1, -0.05) is 30.3 Å². The number of nitrogens with zero attached hydrogens (tertiary/aromatic N) is 2. The third-order valence-corrected chi connectivity index (χ3v) is 4.39. The number of urea groups is 1. The summed E-state index contributed by atoms with van der Waals surface area (Å²) in [6.45, 7) is 1.42. The van der Waals surface area contributed by atoms with Crippen molar-refractivity contribution in [3.63, 3.8) is 0 Å². The molecule has 0 radical (unpaired) electrons. The molecule has 2 heterocycles. The van der Waals surface area contributed by atoms with Gasteiger partial charge in [-0.15, -0.1) is 0 Å². The van der Waals surface area contributed by atoms with Gasteiger partial charge in [0, 0.05) is 18.0 Å². The zero-order valence-corrected chi connectivity index (χ0v) is 14.5. The van der Waals surface area contributed by atoms with E-state index in [9.17, 15) is 27.6 Å². The summed E-state index contributed by atoms with van der Waals surface area (Å²) in [5, 5.41) is 3.27. The SMILES string of the molecule is C[C@@H](c1ccccc1)N1C(=O)N[C@](NC(=O)c2ccncc2)(C(F)(F)F)C1=O. The van der Waals surface area contributed by atoms with E-state index in [0.29, 0.717) is 10.5 Å². The zero-order chi connectivity index (χ0) is 20.5. The largest absolute Gasteiger partial charge is 0.440 e. The molecule has 4 amide bonds. The number of rotatable bonds is 4. The first-order chi connectivity index (χ1) is 13.2. The topological polar surface area (TPSA) is 91.4 Å². The molecule has 10 heteroatoms. The Morgan fingerprint density at radius 1 is 1.14 bits per heavy atom. The maximum Gasteiger partial charge on any atom is 0.440 e. The van der Waals surface area contributed by atoms with Crippen molar-refractivity contribution in [3.8, 4) is 0 Å². The van der Waals surface area contributed by atoms with E-state index in [0.717, 1.165) is 0 Å². The van der Waals surface area contributed by atoms with Crippen LogP contribution >= 0.6 is 0 Å². The van der Waals surface area contributed by atoms with E-state index in [1.807, 2.05) is 0 Å². The van der Waals surface area contributed by atoms with Crippen molar-refractivity contribution in [1.29, 1.82) is 0 Å². The van der Waals surface area contributed by atoms with Crippen molar-refractivity contribution in [2.75, 3.05) is 0 Å². The fourth-order valence-electron chi connectivity index (χ4n) is 2.87. The molecule has 1 aliphatic heterocycles. The third kappa shape index (κ3) is 3.17. The number of benzene rings is 1. The number of hydrogen-bond donors (Lipinski definition) is 2. The number of carbonyl (C=O) groups excluding carboxylic acids is 3. The Morgan fingerprint density at radius 3 is 2.32 bits per heavy atom. The van der Waals surface area contributed by atoms with Crippen LogP contribution in [0.5, 0.6) is 0 Å². The molecule has 1 aliphatic rings. The molecule has 2 N–H and O–H groups in total. The molecular formula is C18H15F3N4O3. The van der Waals surface area contributed by atoms with Gasteiger partial charge in [-0.2, -0.15) is 13.2 Å². The Morgan fingerprint density at radius 2 is 1.75 bits per heavy atom. The lowest BCUT2D eigenvalue weighted by molar-refractivity contribution is -0.200. The Kier molecular flexibility index (Phi) is 4.80. The highest BCUT2D eigenvalue weighted by Crippen LogP contribution is 2.37. The van der Waals surface area contributed by atoms with Crippen LogP contribution in [-0.4, -0.2) is 39.6 Å². The summed E-state index contributed by atoms with van der Waals surface area (Å²) in [6, 6.07) is 8.25. The number of imide groups is 1. The van der Waals surface area contributed by atoms with Gasteiger partial charge in [0.2, 0.25) is 0 Å². The van der Waals surface area contributed by atoms with Crippen molar-refractivity contribution < 1.29 is 27.6 Å². The standard InChI is InChI=1S/C18H15F3N4O3/c1-11(12-5-3-2-4-6-12)25-15(27)17(18(19,20)21,24-16(25)28)23-14(26)13-7-9-22-10-8-13/h2-11H,1H3,(H,23,26)(H,24,28)/t11-,17-/m0/s1. The number of aromatic nitrogens is 1. The van der Waals surface area contributed by atoms with Gasteiger partial charge in [0.05, 0.1) is 6.04 Å². The summed E-state index contributed by atoms with van der Waals surface area (Å²) < 4.78 is 41.6. The average molecular weight is 392 g/mol. The Hall–Kier alpha value is -3.43. The monoisotopic (exact) mass is 392 g/mol. The summed E-state index contributed by atoms with van der Waals surface area (Å²) in [5.41, 5.74) is -3.24. The molecule has 2 atom stereocenters. The highest BCUT2D eigenvalue weighted by atomic mass is 19.4. The van der Waals surface area contributed by atoms with E-state index in [-0.39, 0.29) is 5.56 Å². The molecular weight excluding hydrogens is 377 g/mol. The summed E-state index contributed by atoms with van der Waals surface area (Å²) in [4.78, 5) is 41.5. The minimum Gasteiger partial charge on any atom is -0.314 e. The second-order valence-electron chi connectivity index (χ2n) is 6.13. The molecule has 2 aromatic rings. The molecule has 0 unspecified atom stereocenters. The van der Waals surface area contributed by atoms with Crippen molar-refractivity contribution >= 4 is 17.8 Å². The van der Waals surface area contributed by atoms with Gasteiger partial charge in [0.25, 0.3) is 17.5 Å². The second-order valence-corrected chi connectivity index (χ2v) is 6.13. The Balaban J connectivity index is 1.97. The van der Waals surface area contributed by atoms with Crippen molar-refractivity contribution in [3.05, 3.63) is 66.0 Å². The van der Waals surface area contributed by atoms with E-state index >= 15 is 0 Å². The first kappa shape index (κ1) is 19.3. The zero-order valence-electron chi connectivity index (χ0n) is 14.5. The van der Waals surface area contributed by atoms with Crippen LogP contribution in [0.2, 0.25) is 0 Å². The number of pyridine rings is 1. The first-order valence-electron chi connectivity index (χ1n) is 8.17. The van der Waals surface area contributed by atoms with E-state index in [1.54, 1.807) is 41.0 Å². The quantitative estimate of drug-likeness (QED) is 0.782. The number of hydrogen-bond acceptors (Lipinski definition) is 4. The molecule has 0 saturated carbocycles. The van der Waals surface area contributed by atoms with Crippen LogP contribution in [0.4, 0.5) is 18.0 Å². The fourth-order valence-corrected chi connectivity index (χ4v) is 2.87. The minimum atomic E-state index is -5.27. The van der Waals surface area contributed by atoms with Gasteiger partial charge < -0.3 is 5.32 Å². The van der Waals surface area contributed by atoms with Crippen molar-refractivity contribution in [1.82, 2.24) is 20.5 Å². The van der Waals surface area contributed by atoms with Gasteiger partial charge in [-0.25, -0.2) is 4.79 Å². The molecule has 3 rings (SSSR count). The molecule has 1 aromatic heterocycles. The van der Waals surface area contributed by atoms with Crippen LogP contribution in [0, 0.1) is 0 Å². The highest BCUT2D eigenvalue weighted by molar-refractivity contribution is 6.10. The Bertz CT molecular complexity index is 905. The maximum atomic E-state index is 13.9. The first-order valence-corrected chi connectivity index (χ1v) is 8.17. The molecule has 28 heavy (non-hydrogen) atoms. The van der Waals surface area contributed by atoms with Crippen LogP contribution in [-0.2, 0) is 4.79 Å². The summed E-state index contributed by atoms with van der Waals surface area (Å²) in [7, 11) is 0. The Labute approximate surface area is 157 Å². The number of halogens is 3. The molecule has 7 nitrogen and oxygen atoms in total. The minimum absolute atomic E-state index is 0.143. The van der Waals surface area contributed by atoms with Crippen LogP contribution < -0.4 is 10.6 Å². The van der Waals surface area contributed by atoms with Gasteiger partial charge in [0.15, 0.2) is 0 Å². The lowest BCUT2D eigenvalue weighted by atomic mass is 10.0. The fraction of sp³-hybridized carbons (Fsp3) is 0.222. The highest BCUT2D eigenvalue weighted by Gasteiger charge is 2.69. The van der Waals surface area contributed by atoms with Crippen molar-refractivity contribution in [2.24, 2.45) is 0 Å². The predicted octanol–water partition coefficient (Wildman–Crippen LogP) is 2.38. The van der Waals surface area contributed by atoms with Gasteiger partial charge in [0.1, 0.15) is 0 Å². The molecule has 0 aliphatic carbocycles. The maximum absolute atomic E-state index is 13.9. The average Bonchev–Trinajstić information content (AvgIpc) is 2.93. The summed E-state index contributed by atoms with van der Waals surface area (Å²) in [6.07, 6.45) is -2.84. The molecule has 0 bridgehead atoms. The van der Waals surface area contributed by atoms with Gasteiger partial charge in [-0.05, 0) is 24.6 Å². The molecule has 1 fully saturated rings. The van der Waals surface area contributed by atoms with E-state index < -0.39 is 35.7 Å². The summed E-state index contributed by atoms with van der Waals surface area (Å²) >= 11 is 0. The van der Waals surface area contributed by atoms with E-state index in [2.05, 4.69) is 4.98 Å². The van der Waals surface area contributed by atoms with Gasteiger partial charge >= 0.3 is 12.2 Å². The van der Waals surface area contributed by atoms with Gasteiger partial charge in [-0.3, -0.25) is 24.8 Å². The normalized spacial score (nSPS) is 20.6. The van der Waals surface area contributed by atoms with E-state index in [4.69, 9.17) is 0 Å². The third-order valence-electron chi connectivity index (χ3n) is 4.39. The molecule has 1 aromatic carbocycles. The van der Waals surface area contributed by atoms with E-state index in [1.165, 1.54) is 31.5 Å². The number of nitrogens with one attached hydrogen (secondary N) is 2. The predicted molar refractivity (Wildman–Crippen MR) is 90.7 cm³/mol. The lowest BCUT2D eigenvalue weighted by Gasteiger charge is -2.30. The van der Waals surface area contributed by atoms with Crippen LogP contribution in [0.1, 0.15) is 28.9 Å². The number of carbonyl (C=O) groups is 3. The molecule has 0 spiro atoms. The number of amides is 4. The van der Waals surface area contributed by atoms with Crippen LogP contribution in [0.15, 0.2) is 54.9 Å². The lowest BCUT2D eigenvalue weighted by Crippen LogP contribution is -2.69. The second kappa shape index (κ2) is 6.95. The van der Waals surface area contributed by atoms with Crippen LogP contribution in [0.3, 0.4) is 0 Å². The number of alkyl halides is 3. The van der Waals surface area contributed by atoms with Crippen molar-refractivity contribution in [2.45, 2.75) is 24.8 Å². The smallest absolute Gasteiger partial charge is 0.314 e. The van der Waals surface area contributed by atoms with Crippen LogP contribution in [0.25, 0.3) is 0 Å². The molecule has 1 saturated heterocycles. The summed E-state index contributed by atoms with van der Waals surface area (Å²) in [5.74, 6) is -2.79. The molecule has 146 valence electrons.